The molecular formula is C20H18F2N4O. The lowest BCUT2D eigenvalue weighted by Gasteiger charge is -2.12. The third kappa shape index (κ3) is 4.25. The average Bonchev–Trinajstić information content (AvgIpc) is 2.61. The van der Waals surface area contributed by atoms with E-state index in [-0.39, 0.29) is 23.2 Å². The van der Waals surface area contributed by atoms with Crippen molar-refractivity contribution in [3.8, 4) is 0 Å². The fourth-order valence-corrected chi connectivity index (χ4v) is 2.63. The fourth-order valence-electron chi connectivity index (χ4n) is 2.63. The second kappa shape index (κ2) is 7.49. The van der Waals surface area contributed by atoms with Crippen molar-refractivity contribution in [3.05, 3.63) is 76.6 Å². The number of hydrogen-bond donors (Lipinski definition) is 2. The van der Waals surface area contributed by atoms with Crippen LogP contribution in [0.2, 0.25) is 0 Å². The highest BCUT2D eigenvalue weighted by atomic mass is 19.2. The molecule has 0 aliphatic carbocycles. The van der Waals surface area contributed by atoms with Gasteiger partial charge in [0.15, 0.2) is 11.6 Å². The molecule has 3 rings (SSSR count). The predicted octanol–water partition coefficient (Wildman–Crippen LogP) is 4.68. The lowest BCUT2D eigenvalue weighted by atomic mass is 10.1. The van der Waals surface area contributed by atoms with E-state index in [4.69, 9.17) is 0 Å². The summed E-state index contributed by atoms with van der Waals surface area (Å²) in [5.41, 5.74) is 3.61. The largest absolute Gasteiger partial charge is 0.324 e. The van der Waals surface area contributed by atoms with Gasteiger partial charge < -0.3 is 10.6 Å². The molecule has 0 spiro atoms. The minimum absolute atomic E-state index is 0.118. The molecular weight excluding hydrogens is 350 g/mol. The lowest BCUT2D eigenvalue weighted by Crippen LogP contribution is -2.17. The summed E-state index contributed by atoms with van der Waals surface area (Å²) in [6.07, 6.45) is 0. The summed E-state index contributed by atoms with van der Waals surface area (Å²) in [5.74, 6) is -2.20. The summed E-state index contributed by atoms with van der Waals surface area (Å²) in [5, 5.41) is 5.65. The van der Waals surface area contributed by atoms with E-state index in [1.807, 2.05) is 32.0 Å². The maximum atomic E-state index is 13.4. The molecule has 0 unspecified atom stereocenters. The lowest BCUT2D eigenvalue weighted by molar-refractivity contribution is 0.102. The molecule has 0 saturated heterocycles. The quantitative estimate of drug-likeness (QED) is 0.702. The zero-order chi connectivity index (χ0) is 19.6. The molecule has 27 heavy (non-hydrogen) atoms. The normalized spacial score (nSPS) is 10.6. The number of nitrogens with one attached hydrogen (secondary N) is 2. The Morgan fingerprint density at radius 3 is 2.30 bits per heavy atom. The van der Waals surface area contributed by atoms with Crippen LogP contribution < -0.4 is 10.6 Å². The van der Waals surface area contributed by atoms with Crippen molar-refractivity contribution in [2.24, 2.45) is 0 Å². The van der Waals surface area contributed by atoms with Crippen molar-refractivity contribution in [1.82, 2.24) is 9.97 Å². The molecule has 138 valence electrons. The topological polar surface area (TPSA) is 66.9 Å². The molecule has 0 radical (unpaired) electrons. The number of benzene rings is 2. The average molecular weight is 368 g/mol. The minimum atomic E-state index is -0.986. The first-order chi connectivity index (χ1) is 12.8. The van der Waals surface area contributed by atoms with E-state index < -0.39 is 11.6 Å². The van der Waals surface area contributed by atoms with Crippen molar-refractivity contribution in [2.45, 2.75) is 20.8 Å². The highest BCUT2D eigenvalue weighted by Gasteiger charge is 2.14. The maximum Gasteiger partial charge on any atom is 0.274 e. The van der Waals surface area contributed by atoms with Crippen molar-refractivity contribution < 1.29 is 13.6 Å². The number of anilines is 3. The van der Waals surface area contributed by atoms with Gasteiger partial charge in [-0.1, -0.05) is 18.2 Å². The highest BCUT2D eigenvalue weighted by molar-refractivity contribution is 6.04. The molecule has 0 aliphatic rings. The molecule has 0 saturated carbocycles. The van der Waals surface area contributed by atoms with E-state index in [0.717, 1.165) is 28.9 Å². The second-order valence-corrected chi connectivity index (χ2v) is 6.19. The van der Waals surface area contributed by atoms with Gasteiger partial charge in [0, 0.05) is 23.1 Å². The predicted molar refractivity (Wildman–Crippen MR) is 100 cm³/mol. The third-order valence-electron chi connectivity index (χ3n) is 3.98. The number of nitrogens with zero attached hydrogens (tertiary/aromatic N) is 2. The smallest absolute Gasteiger partial charge is 0.274 e. The van der Waals surface area contributed by atoms with E-state index in [1.165, 1.54) is 6.07 Å². The van der Waals surface area contributed by atoms with Crippen molar-refractivity contribution >= 4 is 23.2 Å². The Kier molecular flexibility index (Phi) is 5.12. The van der Waals surface area contributed by atoms with Crippen LogP contribution in [0.15, 0.2) is 42.5 Å². The van der Waals surface area contributed by atoms with Crippen LogP contribution in [0.3, 0.4) is 0 Å². The van der Waals surface area contributed by atoms with Gasteiger partial charge in [0.25, 0.3) is 5.91 Å². The number of aromatic nitrogens is 2. The summed E-state index contributed by atoms with van der Waals surface area (Å²) < 4.78 is 26.4. The van der Waals surface area contributed by atoms with Crippen LogP contribution in [0, 0.1) is 32.4 Å². The van der Waals surface area contributed by atoms with E-state index in [0.29, 0.717) is 5.69 Å². The molecule has 5 nitrogen and oxygen atoms in total. The number of carbonyl (C=O) groups excluding carboxylic acids is 1. The number of halogens is 2. The summed E-state index contributed by atoms with van der Waals surface area (Å²) >= 11 is 0. The first-order valence-corrected chi connectivity index (χ1v) is 8.29. The van der Waals surface area contributed by atoms with Crippen molar-refractivity contribution in [2.75, 3.05) is 10.6 Å². The zero-order valence-corrected chi connectivity index (χ0v) is 15.1. The summed E-state index contributed by atoms with van der Waals surface area (Å²) in [7, 11) is 0. The molecule has 7 heteroatoms. The number of para-hydroxylation sites is 1. The fraction of sp³-hybridized carbons (Fsp3) is 0.150. The molecule has 0 atom stereocenters. The molecule has 0 bridgehead atoms. The molecule has 0 aliphatic heterocycles. The van der Waals surface area contributed by atoms with E-state index >= 15 is 0 Å². The first kappa shape index (κ1) is 18.4. The molecule has 1 amide bonds. The molecule has 2 aromatic carbocycles. The highest BCUT2D eigenvalue weighted by Crippen LogP contribution is 2.21. The van der Waals surface area contributed by atoms with Crippen LogP contribution in [0.25, 0.3) is 0 Å². The molecule has 3 aromatic rings. The monoisotopic (exact) mass is 368 g/mol. The molecule has 2 N–H and O–H groups in total. The van der Waals surface area contributed by atoms with Crippen LogP contribution in [-0.2, 0) is 0 Å². The number of rotatable bonds is 4. The molecule has 1 heterocycles. The van der Waals surface area contributed by atoms with Gasteiger partial charge in [0.2, 0.25) is 5.95 Å². The molecule has 0 fully saturated rings. The van der Waals surface area contributed by atoms with E-state index in [9.17, 15) is 13.6 Å². The van der Waals surface area contributed by atoms with Gasteiger partial charge in [-0.2, -0.15) is 0 Å². The van der Waals surface area contributed by atoms with Gasteiger partial charge in [-0.15, -0.1) is 0 Å². The van der Waals surface area contributed by atoms with Crippen LogP contribution in [-0.4, -0.2) is 15.9 Å². The van der Waals surface area contributed by atoms with Crippen LogP contribution in [0.1, 0.15) is 27.3 Å². The van der Waals surface area contributed by atoms with Gasteiger partial charge in [-0.05, 0) is 50.1 Å². The number of amides is 1. The zero-order valence-electron chi connectivity index (χ0n) is 15.1. The Morgan fingerprint density at radius 2 is 1.63 bits per heavy atom. The number of carbonyl (C=O) groups is 1. The van der Waals surface area contributed by atoms with Crippen LogP contribution >= 0.6 is 0 Å². The van der Waals surface area contributed by atoms with Gasteiger partial charge >= 0.3 is 0 Å². The summed E-state index contributed by atoms with van der Waals surface area (Å²) in [4.78, 5) is 21.0. The SMILES string of the molecule is Cc1cc(C(=O)Nc2c(C)cccc2C)nc(Nc2ccc(F)c(F)c2)n1. The Bertz CT molecular complexity index is 1000. The summed E-state index contributed by atoms with van der Waals surface area (Å²) in [6, 6.07) is 10.6. The Morgan fingerprint density at radius 1 is 0.926 bits per heavy atom. The number of aryl methyl sites for hydroxylation is 3. The standard InChI is InChI=1S/C20H18F2N4O/c1-11-5-4-6-12(2)18(11)26-19(27)17-9-13(3)23-20(25-17)24-14-7-8-15(21)16(22)10-14/h4-10H,1-3H3,(H,26,27)(H,23,24,25). The Hall–Kier alpha value is -3.35. The molecule has 1 aromatic heterocycles. The van der Waals surface area contributed by atoms with Crippen molar-refractivity contribution in [1.29, 1.82) is 0 Å². The van der Waals surface area contributed by atoms with Crippen molar-refractivity contribution in [3.63, 3.8) is 0 Å². The maximum absolute atomic E-state index is 13.4. The van der Waals surface area contributed by atoms with Gasteiger partial charge in [-0.25, -0.2) is 18.7 Å². The van der Waals surface area contributed by atoms with Crippen LogP contribution in [0.5, 0.6) is 0 Å². The Labute approximate surface area is 155 Å². The van der Waals surface area contributed by atoms with Gasteiger partial charge in [0.05, 0.1) is 0 Å². The number of hydrogen-bond acceptors (Lipinski definition) is 4. The van der Waals surface area contributed by atoms with Crippen LogP contribution in [0.4, 0.5) is 26.1 Å². The van der Waals surface area contributed by atoms with Gasteiger partial charge in [-0.3, -0.25) is 4.79 Å². The van der Waals surface area contributed by atoms with E-state index in [2.05, 4.69) is 20.6 Å². The summed E-state index contributed by atoms with van der Waals surface area (Å²) in [6.45, 7) is 5.53. The second-order valence-electron chi connectivity index (χ2n) is 6.19. The van der Waals surface area contributed by atoms with E-state index in [1.54, 1.807) is 13.0 Å². The minimum Gasteiger partial charge on any atom is -0.324 e. The first-order valence-electron chi connectivity index (χ1n) is 8.29. The Balaban J connectivity index is 1.86. The van der Waals surface area contributed by atoms with Gasteiger partial charge in [0.1, 0.15) is 5.69 Å². The third-order valence-corrected chi connectivity index (χ3v) is 3.98.